The van der Waals surface area contributed by atoms with Crippen molar-refractivity contribution in [2.75, 3.05) is 12.0 Å². The molecule has 0 radical (unpaired) electrons. The topological polar surface area (TPSA) is 88.3 Å². The Morgan fingerprint density at radius 1 is 1.50 bits per heavy atom. The van der Waals surface area contributed by atoms with E-state index < -0.39 is 10.0 Å². The van der Waals surface area contributed by atoms with Crippen LogP contribution >= 0.6 is 0 Å². The lowest BCUT2D eigenvalue weighted by Gasteiger charge is -2.26. The molecule has 0 saturated heterocycles. The number of hydrazine groups is 1. The zero-order valence-electron chi connectivity index (χ0n) is 10.9. The van der Waals surface area contributed by atoms with Crippen molar-refractivity contribution >= 4 is 15.7 Å². The summed E-state index contributed by atoms with van der Waals surface area (Å²) in [5.41, 5.74) is 2.67. The second kappa shape index (κ2) is 6.12. The van der Waals surface area contributed by atoms with Crippen LogP contribution in [0.4, 0.5) is 5.69 Å². The Balaban J connectivity index is 3.27. The third-order valence-corrected chi connectivity index (χ3v) is 4.92. The highest BCUT2D eigenvalue weighted by atomic mass is 32.2. The van der Waals surface area contributed by atoms with Crippen molar-refractivity contribution in [1.82, 2.24) is 9.29 Å². The van der Waals surface area contributed by atoms with Crippen LogP contribution in [-0.2, 0) is 10.0 Å². The quantitative estimate of drug-likeness (QED) is 0.599. The Morgan fingerprint density at radius 3 is 2.67 bits per heavy atom. The van der Waals surface area contributed by atoms with Gasteiger partial charge in [-0.15, -0.1) is 0 Å². The van der Waals surface area contributed by atoms with Gasteiger partial charge in [0.05, 0.1) is 5.69 Å². The van der Waals surface area contributed by atoms with Gasteiger partial charge in [0.25, 0.3) is 10.0 Å². The van der Waals surface area contributed by atoms with Crippen LogP contribution in [-0.4, -0.2) is 30.3 Å². The van der Waals surface area contributed by atoms with Crippen LogP contribution < -0.4 is 11.3 Å². The highest BCUT2D eigenvalue weighted by Gasteiger charge is 2.30. The SMILES string of the molecule is CCC(C)N(CC)S(=O)(=O)c1ncccc1NN. The number of hydrogen-bond acceptors (Lipinski definition) is 5. The van der Waals surface area contributed by atoms with Crippen LogP contribution in [0.5, 0.6) is 0 Å². The molecule has 0 fully saturated rings. The zero-order valence-corrected chi connectivity index (χ0v) is 11.7. The Morgan fingerprint density at radius 2 is 2.17 bits per heavy atom. The van der Waals surface area contributed by atoms with Gasteiger partial charge in [-0.05, 0) is 25.5 Å². The summed E-state index contributed by atoms with van der Waals surface area (Å²) in [7, 11) is -3.63. The van der Waals surface area contributed by atoms with E-state index >= 15 is 0 Å². The fourth-order valence-corrected chi connectivity index (χ4v) is 3.52. The van der Waals surface area contributed by atoms with Crippen LogP contribution in [0.25, 0.3) is 0 Å². The van der Waals surface area contributed by atoms with Gasteiger partial charge in [-0.25, -0.2) is 13.4 Å². The highest BCUT2D eigenvalue weighted by Crippen LogP contribution is 2.23. The van der Waals surface area contributed by atoms with Crippen LogP contribution in [0.1, 0.15) is 27.2 Å². The molecule has 0 aliphatic heterocycles. The van der Waals surface area contributed by atoms with E-state index in [4.69, 9.17) is 5.84 Å². The average molecular weight is 272 g/mol. The van der Waals surface area contributed by atoms with Crippen LogP contribution in [0.15, 0.2) is 23.4 Å². The number of nitrogens with two attached hydrogens (primary N) is 1. The van der Waals surface area contributed by atoms with Gasteiger partial charge in [0, 0.05) is 18.8 Å². The molecule has 18 heavy (non-hydrogen) atoms. The molecular formula is C11H20N4O2S. The van der Waals surface area contributed by atoms with Gasteiger partial charge in [-0.2, -0.15) is 4.31 Å². The molecule has 0 spiro atoms. The molecule has 1 unspecified atom stereocenters. The number of nitrogens with one attached hydrogen (secondary N) is 1. The van der Waals surface area contributed by atoms with E-state index in [1.807, 2.05) is 20.8 Å². The van der Waals surface area contributed by atoms with Gasteiger partial charge in [0.2, 0.25) is 0 Å². The predicted octanol–water partition coefficient (Wildman–Crippen LogP) is 1.18. The van der Waals surface area contributed by atoms with E-state index in [0.717, 1.165) is 6.42 Å². The summed E-state index contributed by atoms with van der Waals surface area (Å²) >= 11 is 0. The number of nitrogen functional groups attached to an aromatic ring is 1. The van der Waals surface area contributed by atoms with Crippen LogP contribution in [0, 0.1) is 0 Å². The number of anilines is 1. The maximum Gasteiger partial charge on any atom is 0.262 e. The number of aromatic nitrogens is 1. The Hall–Kier alpha value is -1.18. The van der Waals surface area contributed by atoms with Crippen molar-refractivity contribution in [2.45, 2.75) is 38.3 Å². The first kappa shape index (κ1) is 14.9. The Labute approximate surface area is 108 Å². The Kier molecular flexibility index (Phi) is 5.06. The summed E-state index contributed by atoms with van der Waals surface area (Å²) in [6, 6.07) is 3.14. The number of pyridine rings is 1. The van der Waals surface area contributed by atoms with E-state index in [-0.39, 0.29) is 11.1 Å². The van der Waals surface area contributed by atoms with Crippen molar-refractivity contribution in [3.8, 4) is 0 Å². The van der Waals surface area contributed by atoms with Gasteiger partial charge >= 0.3 is 0 Å². The second-order valence-electron chi connectivity index (χ2n) is 3.97. The lowest BCUT2D eigenvalue weighted by molar-refractivity contribution is 0.341. The van der Waals surface area contributed by atoms with Crippen molar-refractivity contribution in [1.29, 1.82) is 0 Å². The monoisotopic (exact) mass is 272 g/mol. The molecule has 7 heteroatoms. The molecule has 1 aromatic heterocycles. The van der Waals surface area contributed by atoms with Gasteiger partial charge in [-0.3, -0.25) is 5.84 Å². The fraction of sp³-hybridized carbons (Fsp3) is 0.545. The van der Waals surface area contributed by atoms with E-state index in [1.54, 1.807) is 12.1 Å². The van der Waals surface area contributed by atoms with Crippen LogP contribution in [0.2, 0.25) is 0 Å². The maximum atomic E-state index is 12.5. The Bertz CT molecular complexity index is 490. The molecule has 6 nitrogen and oxygen atoms in total. The molecule has 3 N–H and O–H groups in total. The van der Waals surface area contributed by atoms with Crippen molar-refractivity contribution in [2.24, 2.45) is 5.84 Å². The standard InChI is InChI=1S/C11H20N4O2S/c1-4-9(3)15(5-2)18(16,17)11-10(14-12)7-6-8-13-11/h6-9,14H,4-5,12H2,1-3H3. The van der Waals surface area contributed by atoms with E-state index in [2.05, 4.69) is 10.4 Å². The minimum atomic E-state index is -3.63. The van der Waals surface area contributed by atoms with E-state index in [1.165, 1.54) is 10.5 Å². The third-order valence-electron chi connectivity index (χ3n) is 2.87. The first-order valence-corrected chi connectivity index (χ1v) is 7.36. The number of nitrogens with zero attached hydrogens (tertiary/aromatic N) is 2. The first-order valence-electron chi connectivity index (χ1n) is 5.92. The van der Waals surface area contributed by atoms with Crippen molar-refractivity contribution < 1.29 is 8.42 Å². The smallest absolute Gasteiger partial charge is 0.262 e. The van der Waals surface area contributed by atoms with E-state index in [0.29, 0.717) is 12.2 Å². The fourth-order valence-electron chi connectivity index (χ4n) is 1.74. The molecule has 0 aromatic carbocycles. The van der Waals surface area contributed by atoms with Crippen LogP contribution in [0.3, 0.4) is 0 Å². The molecule has 0 bridgehead atoms. The second-order valence-corrected chi connectivity index (χ2v) is 5.77. The van der Waals surface area contributed by atoms with Crippen molar-refractivity contribution in [3.63, 3.8) is 0 Å². The molecule has 102 valence electrons. The molecule has 0 saturated carbocycles. The summed E-state index contributed by atoms with van der Waals surface area (Å²) in [5, 5.41) is -0.0327. The summed E-state index contributed by atoms with van der Waals surface area (Å²) < 4.78 is 26.4. The largest absolute Gasteiger partial charge is 0.321 e. The third kappa shape index (κ3) is 2.80. The lowest BCUT2D eigenvalue weighted by atomic mass is 10.3. The summed E-state index contributed by atoms with van der Waals surface area (Å²) in [6.07, 6.45) is 2.18. The maximum absolute atomic E-state index is 12.5. The van der Waals surface area contributed by atoms with Crippen molar-refractivity contribution in [3.05, 3.63) is 18.3 Å². The number of rotatable bonds is 6. The average Bonchev–Trinajstić information content (AvgIpc) is 2.38. The van der Waals surface area contributed by atoms with Gasteiger partial charge in [0.1, 0.15) is 0 Å². The summed E-state index contributed by atoms with van der Waals surface area (Å²) in [4.78, 5) is 3.93. The predicted molar refractivity (Wildman–Crippen MR) is 71.4 cm³/mol. The highest BCUT2D eigenvalue weighted by molar-refractivity contribution is 7.89. The molecule has 1 aromatic rings. The first-order chi connectivity index (χ1) is 8.48. The molecule has 0 aliphatic carbocycles. The molecule has 0 aliphatic rings. The van der Waals surface area contributed by atoms with Gasteiger partial charge < -0.3 is 5.43 Å². The molecule has 1 heterocycles. The molecule has 0 amide bonds. The zero-order chi connectivity index (χ0) is 13.8. The molecule has 1 rings (SSSR count). The summed E-state index contributed by atoms with van der Waals surface area (Å²) in [6.45, 7) is 6.03. The normalized spacial score (nSPS) is 13.6. The lowest BCUT2D eigenvalue weighted by Crippen LogP contribution is -2.38. The molecule has 1 atom stereocenters. The van der Waals surface area contributed by atoms with E-state index in [9.17, 15) is 8.42 Å². The van der Waals surface area contributed by atoms with Gasteiger partial charge in [0.15, 0.2) is 5.03 Å². The minimum absolute atomic E-state index is 0.0327. The van der Waals surface area contributed by atoms with Gasteiger partial charge in [-0.1, -0.05) is 13.8 Å². The molecular weight excluding hydrogens is 252 g/mol. The minimum Gasteiger partial charge on any atom is -0.321 e. The number of hydrogen-bond donors (Lipinski definition) is 2. The number of sulfonamides is 1. The summed E-state index contributed by atoms with van der Waals surface area (Å²) in [5.74, 6) is 5.32.